The smallest absolute Gasteiger partial charge is 0.330 e. The van der Waals surface area contributed by atoms with E-state index < -0.39 is 18.0 Å². The van der Waals surface area contributed by atoms with Gasteiger partial charge in [-0.05, 0) is 23.6 Å². The summed E-state index contributed by atoms with van der Waals surface area (Å²) in [5.74, 6) is -0.823. The van der Waals surface area contributed by atoms with Crippen LogP contribution in [0.1, 0.15) is 18.0 Å². The van der Waals surface area contributed by atoms with Gasteiger partial charge in [0.15, 0.2) is 0 Å². The number of rotatable bonds is 4. The van der Waals surface area contributed by atoms with Crippen molar-refractivity contribution in [2.24, 2.45) is 0 Å². The van der Waals surface area contributed by atoms with Crippen LogP contribution >= 0.6 is 24.2 Å². The van der Waals surface area contributed by atoms with E-state index in [4.69, 9.17) is 16.3 Å². The lowest BCUT2D eigenvalue weighted by atomic mass is 9.98. The number of ether oxygens (including phenoxy) is 2. The monoisotopic (exact) mass is 369 g/mol. The number of methoxy groups -OCH3 is 2. The van der Waals surface area contributed by atoms with E-state index in [1.54, 1.807) is 12.1 Å². The lowest BCUT2D eigenvalue weighted by Gasteiger charge is -2.36. The van der Waals surface area contributed by atoms with E-state index in [1.807, 2.05) is 17.0 Å². The number of thiol groups is 1. The Bertz CT molecular complexity index is 649. The summed E-state index contributed by atoms with van der Waals surface area (Å²) in [5, 5.41) is 0.448. The zero-order chi connectivity index (χ0) is 17.7. The summed E-state index contributed by atoms with van der Waals surface area (Å²) in [6, 6.07) is 6.55. The summed E-state index contributed by atoms with van der Waals surface area (Å²) < 4.78 is 9.66. The Labute approximate surface area is 152 Å². The van der Waals surface area contributed by atoms with Gasteiger partial charge >= 0.3 is 11.9 Å². The molecule has 130 valence electrons. The second kappa shape index (κ2) is 8.55. The quantitative estimate of drug-likeness (QED) is 0.502. The molecule has 0 spiro atoms. The average molecular weight is 370 g/mol. The number of carbonyl (C=O) groups is 2. The number of hydrogen-bond donors (Lipinski definition) is 1. The standard InChI is InChI=1S/C17H20ClNO4S/c1-22-15(20)9-11-10-19(8-7-14(11)24)16(17(21)23-2)12-5-3-4-6-13(12)18/h3-6,9,14,16,24H,7-8,10H2,1-2H3/b11-9-. The van der Waals surface area contributed by atoms with Crippen LogP contribution in [0.15, 0.2) is 35.9 Å². The maximum atomic E-state index is 12.4. The van der Waals surface area contributed by atoms with Crippen LogP contribution in [0, 0.1) is 0 Å². The molecule has 1 fully saturated rings. The van der Waals surface area contributed by atoms with Crippen molar-refractivity contribution in [1.29, 1.82) is 0 Å². The Balaban J connectivity index is 2.34. The molecular formula is C17H20ClNO4S. The Morgan fingerprint density at radius 3 is 2.67 bits per heavy atom. The summed E-state index contributed by atoms with van der Waals surface area (Å²) in [6.07, 6.45) is 2.13. The molecule has 0 N–H and O–H groups in total. The van der Waals surface area contributed by atoms with Crippen LogP contribution in [0.5, 0.6) is 0 Å². The minimum Gasteiger partial charge on any atom is -0.468 e. The van der Waals surface area contributed by atoms with Gasteiger partial charge in [-0.1, -0.05) is 29.8 Å². The first-order valence-electron chi connectivity index (χ1n) is 7.50. The number of benzene rings is 1. The van der Waals surface area contributed by atoms with Crippen LogP contribution in [0.25, 0.3) is 0 Å². The molecule has 1 aliphatic heterocycles. The highest BCUT2D eigenvalue weighted by Crippen LogP contribution is 2.33. The van der Waals surface area contributed by atoms with Crippen molar-refractivity contribution < 1.29 is 19.1 Å². The summed E-state index contributed by atoms with van der Waals surface area (Å²) >= 11 is 10.8. The molecule has 0 radical (unpaired) electrons. The molecule has 0 bridgehead atoms. The van der Waals surface area contributed by atoms with Gasteiger partial charge in [-0.3, -0.25) is 4.90 Å². The van der Waals surface area contributed by atoms with E-state index in [2.05, 4.69) is 17.4 Å². The predicted molar refractivity (Wildman–Crippen MR) is 95.3 cm³/mol. The van der Waals surface area contributed by atoms with Crippen LogP contribution in [0.4, 0.5) is 0 Å². The minimum absolute atomic E-state index is 0.0510. The largest absolute Gasteiger partial charge is 0.468 e. The molecule has 2 unspecified atom stereocenters. The molecule has 2 atom stereocenters. The van der Waals surface area contributed by atoms with Crippen molar-refractivity contribution in [1.82, 2.24) is 4.90 Å². The molecule has 0 saturated carbocycles. The third kappa shape index (κ3) is 4.32. The predicted octanol–water partition coefficient (Wildman–Crippen LogP) is 2.66. The van der Waals surface area contributed by atoms with Crippen molar-refractivity contribution in [3.63, 3.8) is 0 Å². The van der Waals surface area contributed by atoms with Crippen LogP contribution < -0.4 is 0 Å². The Kier molecular flexibility index (Phi) is 6.71. The van der Waals surface area contributed by atoms with E-state index in [0.717, 1.165) is 5.57 Å². The van der Waals surface area contributed by atoms with Crippen LogP contribution in [0.3, 0.4) is 0 Å². The maximum absolute atomic E-state index is 12.4. The van der Waals surface area contributed by atoms with E-state index >= 15 is 0 Å². The first kappa shape index (κ1) is 18.8. The molecule has 0 aromatic heterocycles. The average Bonchev–Trinajstić information content (AvgIpc) is 2.59. The van der Waals surface area contributed by atoms with Gasteiger partial charge in [0.25, 0.3) is 0 Å². The number of likely N-dealkylation sites (tertiary alicyclic amines) is 1. The van der Waals surface area contributed by atoms with Gasteiger partial charge in [0.1, 0.15) is 6.04 Å². The lowest BCUT2D eigenvalue weighted by Crippen LogP contribution is -2.42. The number of piperidine rings is 1. The number of nitrogens with zero attached hydrogens (tertiary/aromatic N) is 1. The van der Waals surface area contributed by atoms with Crippen molar-refractivity contribution in [2.75, 3.05) is 27.3 Å². The zero-order valence-corrected chi connectivity index (χ0v) is 15.2. The normalized spacial score (nSPS) is 21.3. The molecule has 7 heteroatoms. The number of carbonyl (C=O) groups excluding carboxylic acids is 2. The molecular weight excluding hydrogens is 350 g/mol. The first-order chi connectivity index (χ1) is 11.5. The fourth-order valence-electron chi connectivity index (χ4n) is 2.75. The number of esters is 2. The van der Waals surface area contributed by atoms with Gasteiger partial charge in [0.05, 0.1) is 14.2 Å². The molecule has 0 amide bonds. The summed E-state index contributed by atoms with van der Waals surface area (Å²) in [7, 11) is 2.68. The molecule has 1 aromatic carbocycles. The van der Waals surface area contributed by atoms with E-state index in [1.165, 1.54) is 20.3 Å². The van der Waals surface area contributed by atoms with E-state index in [-0.39, 0.29) is 5.25 Å². The molecule has 1 aromatic rings. The summed E-state index contributed by atoms with van der Waals surface area (Å²) in [4.78, 5) is 25.9. The molecule has 5 nitrogen and oxygen atoms in total. The Morgan fingerprint density at radius 2 is 2.04 bits per heavy atom. The van der Waals surface area contributed by atoms with Gasteiger partial charge in [0.2, 0.25) is 0 Å². The molecule has 2 rings (SSSR count). The molecule has 1 heterocycles. The minimum atomic E-state index is -0.634. The first-order valence-corrected chi connectivity index (χ1v) is 8.40. The van der Waals surface area contributed by atoms with Gasteiger partial charge in [-0.15, -0.1) is 0 Å². The molecule has 1 aliphatic rings. The topological polar surface area (TPSA) is 55.8 Å². The number of hydrogen-bond acceptors (Lipinski definition) is 6. The second-order valence-electron chi connectivity index (χ2n) is 5.46. The van der Waals surface area contributed by atoms with Crippen LogP contribution in [0.2, 0.25) is 5.02 Å². The van der Waals surface area contributed by atoms with Crippen molar-refractivity contribution in [3.05, 3.63) is 46.5 Å². The zero-order valence-electron chi connectivity index (χ0n) is 13.6. The van der Waals surface area contributed by atoms with Gasteiger partial charge in [0, 0.05) is 29.4 Å². The van der Waals surface area contributed by atoms with Crippen LogP contribution in [-0.4, -0.2) is 49.4 Å². The SMILES string of the molecule is COC(=O)/C=C1/CN(C(C(=O)OC)c2ccccc2Cl)CCC1S. The lowest BCUT2D eigenvalue weighted by molar-refractivity contribution is -0.147. The third-order valence-electron chi connectivity index (χ3n) is 4.00. The summed E-state index contributed by atoms with van der Waals surface area (Å²) in [5.41, 5.74) is 1.48. The summed E-state index contributed by atoms with van der Waals surface area (Å²) in [6.45, 7) is 1.05. The fourth-order valence-corrected chi connectivity index (χ4v) is 3.26. The van der Waals surface area contributed by atoms with Crippen molar-refractivity contribution in [2.45, 2.75) is 17.7 Å². The maximum Gasteiger partial charge on any atom is 0.330 e. The fraction of sp³-hybridized carbons (Fsp3) is 0.412. The van der Waals surface area contributed by atoms with E-state index in [9.17, 15) is 9.59 Å². The Morgan fingerprint density at radius 1 is 1.33 bits per heavy atom. The van der Waals surface area contributed by atoms with Gasteiger partial charge < -0.3 is 9.47 Å². The Hall–Kier alpha value is -1.50. The van der Waals surface area contributed by atoms with Gasteiger partial charge in [-0.25, -0.2) is 9.59 Å². The molecule has 0 aliphatic carbocycles. The molecule has 24 heavy (non-hydrogen) atoms. The second-order valence-corrected chi connectivity index (χ2v) is 6.50. The third-order valence-corrected chi connectivity index (χ3v) is 4.93. The van der Waals surface area contributed by atoms with Crippen LogP contribution in [-0.2, 0) is 19.1 Å². The highest BCUT2D eigenvalue weighted by atomic mass is 35.5. The highest BCUT2D eigenvalue weighted by Gasteiger charge is 2.34. The molecule has 1 saturated heterocycles. The number of halogens is 1. The van der Waals surface area contributed by atoms with Crippen molar-refractivity contribution in [3.8, 4) is 0 Å². The highest BCUT2D eigenvalue weighted by molar-refractivity contribution is 7.81. The van der Waals surface area contributed by atoms with Crippen molar-refractivity contribution >= 4 is 36.2 Å². The van der Waals surface area contributed by atoms with Gasteiger partial charge in [-0.2, -0.15) is 12.6 Å². The van der Waals surface area contributed by atoms with E-state index in [0.29, 0.717) is 30.1 Å².